The van der Waals surface area contributed by atoms with Gasteiger partial charge < -0.3 is 19.8 Å². The van der Waals surface area contributed by atoms with Gasteiger partial charge in [-0.1, -0.05) is 0 Å². The first-order valence-electron chi connectivity index (χ1n) is 6.27. The number of rotatable bonds is 4. The molecule has 18 heavy (non-hydrogen) atoms. The Balaban J connectivity index is 2.03. The standard InChI is InChI=1S/C12H19N3O3/c1-2-18-12(16)10-11(13)15(8-14-10)7-9-3-5-17-6-4-9/h8-9H,2-7,13H2,1H3. The van der Waals surface area contributed by atoms with Crippen LogP contribution in [0.1, 0.15) is 30.3 Å². The number of imidazole rings is 1. The van der Waals surface area contributed by atoms with E-state index in [9.17, 15) is 4.79 Å². The van der Waals surface area contributed by atoms with Crippen LogP contribution in [-0.4, -0.2) is 35.3 Å². The van der Waals surface area contributed by atoms with Gasteiger partial charge in [-0.3, -0.25) is 0 Å². The molecule has 2 rings (SSSR count). The van der Waals surface area contributed by atoms with Gasteiger partial charge in [0.25, 0.3) is 0 Å². The van der Waals surface area contributed by atoms with Crippen molar-refractivity contribution in [3.63, 3.8) is 0 Å². The fraction of sp³-hybridized carbons (Fsp3) is 0.667. The molecule has 0 spiro atoms. The number of hydrogen-bond donors (Lipinski definition) is 1. The Morgan fingerprint density at radius 3 is 3.00 bits per heavy atom. The van der Waals surface area contributed by atoms with Gasteiger partial charge in [-0.15, -0.1) is 0 Å². The van der Waals surface area contributed by atoms with E-state index in [1.54, 1.807) is 13.3 Å². The number of hydrogen-bond acceptors (Lipinski definition) is 5. The van der Waals surface area contributed by atoms with Crippen molar-refractivity contribution >= 4 is 11.8 Å². The number of nitrogens with two attached hydrogens (primary N) is 1. The summed E-state index contributed by atoms with van der Waals surface area (Å²) in [6.07, 6.45) is 3.65. The van der Waals surface area contributed by atoms with E-state index < -0.39 is 5.97 Å². The van der Waals surface area contributed by atoms with E-state index in [1.807, 2.05) is 4.57 Å². The van der Waals surface area contributed by atoms with Crippen molar-refractivity contribution in [2.45, 2.75) is 26.3 Å². The minimum atomic E-state index is -0.458. The van der Waals surface area contributed by atoms with Crippen molar-refractivity contribution in [1.82, 2.24) is 9.55 Å². The molecule has 2 N–H and O–H groups in total. The van der Waals surface area contributed by atoms with E-state index in [0.29, 0.717) is 18.3 Å². The van der Waals surface area contributed by atoms with Gasteiger partial charge in [0.2, 0.25) is 0 Å². The molecule has 0 aliphatic carbocycles. The van der Waals surface area contributed by atoms with Crippen LogP contribution >= 0.6 is 0 Å². The maximum atomic E-state index is 11.6. The van der Waals surface area contributed by atoms with Crippen LogP contribution in [0.5, 0.6) is 0 Å². The molecule has 1 fully saturated rings. The lowest BCUT2D eigenvalue weighted by molar-refractivity contribution is 0.0520. The van der Waals surface area contributed by atoms with Gasteiger partial charge in [-0.25, -0.2) is 9.78 Å². The number of nitrogens with zero attached hydrogens (tertiary/aromatic N) is 2. The quantitative estimate of drug-likeness (QED) is 0.812. The van der Waals surface area contributed by atoms with E-state index in [4.69, 9.17) is 15.2 Å². The van der Waals surface area contributed by atoms with Crippen LogP contribution in [0.25, 0.3) is 0 Å². The summed E-state index contributed by atoms with van der Waals surface area (Å²) < 4.78 is 12.0. The van der Waals surface area contributed by atoms with Crippen molar-refractivity contribution in [2.24, 2.45) is 5.92 Å². The molecule has 0 radical (unpaired) electrons. The zero-order valence-electron chi connectivity index (χ0n) is 10.6. The average molecular weight is 253 g/mol. The van der Waals surface area contributed by atoms with Gasteiger partial charge in [0.05, 0.1) is 12.9 Å². The van der Waals surface area contributed by atoms with Gasteiger partial charge in [0, 0.05) is 19.8 Å². The Morgan fingerprint density at radius 1 is 1.61 bits per heavy atom. The molecule has 0 bridgehead atoms. The lowest BCUT2D eigenvalue weighted by atomic mass is 10.0. The normalized spacial score (nSPS) is 16.7. The van der Waals surface area contributed by atoms with Crippen LogP contribution in [0.3, 0.4) is 0 Å². The first-order valence-corrected chi connectivity index (χ1v) is 6.27. The van der Waals surface area contributed by atoms with Crippen molar-refractivity contribution in [2.75, 3.05) is 25.6 Å². The summed E-state index contributed by atoms with van der Waals surface area (Å²) in [5, 5.41) is 0. The van der Waals surface area contributed by atoms with Gasteiger partial charge in [0.1, 0.15) is 5.82 Å². The molecule has 6 heteroatoms. The van der Waals surface area contributed by atoms with Crippen LogP contribution in [0.2, 0.25) is 0 Å². The average Bonchev–Trinajstić information content (AvgIpc) is 2.73. The Bertz CT molecular complexity index is 411. The second kappa shape index (κ2) is 5.86. The maximum Gasteiger partial charge on any atom is 0.360 e. The number of anilines is 1. The third kappa shape index (κ3) is 2.81. The number of esters is 1. The van der Waals surface area contributed by atoms with Crippen molar-refractivity contribution in [1.29, 1.82) is 0 Å². The minimum absolute atomic E-state index is 0.212. The van der Waals surface area contributed by atoms with Crippen LogP contribution in [0.15, 0.2) is 6.33 Å². The Morgan fingerprint density at radius 2 is 2.33 bits per heavy atom. The molecule has 1 aromatic heterocycles. The van der Waals surface area contributed by atoms with Crippen molar-refractivity contribution in [3.8, 4) is 0 Å². The summed E-state index contributed by atoms with van der Waals surface area (Å²) >= 11 is 0. The highest BCUT2D eigenvalue weighted by Gasteiger charge is 2.20. The molecule has 6 nitrogen and oxygen atoms in total. The first-order chi connectivity index (χ1) is 8.72. The van der Waals surface area contributed by atoms with Gasteiger partial charge in [-0.05, 0) is 25.7 Å². The summed E-state index contributed by atoms with van der Waals surface area (Å²) in [7, 11) is 0. The zero-order chi connectivity index (χ0) is 13.0. The Labute approximate surface area is 106 Å². The fourth-order valence-corrected chi connectivity index (χ4v) is 2.10. The second-order valence-corrected chi connectivity index (χ2v) is 4.41. The number of aromatic nitrogens is 2. The van der Waals surface area contributed by atoms with Crippen LogP contribution in [-0.2, 0) is 16.0 Å². The van der Waals surface area contributed by atoms with Crippen molar-refractivity contribution < 1.29 is 14.3 Å². The third-order valence-electron chi connectivity index (χ3n) is 3.14. The summed E-state index contributed by atoms with van der Waals surface area (Å²) in [5.74, 6) is 0.464. The predicted octanol–water partition coefficient (Wildman–Crippen LogP) is 1.07. The third-order valence-corrected chi connectivity index (χ3v) is 3.14. The molecule has 0 amide bonds. The SMILES string of the molecule is CCOC(=O)c1ncn(CC2CCOCC2)c1N. The number of carbonyl (C=O) groups excluding carboxylic acids is 1. The largest absolute Gasteiger partial charge is 0.461 e. The molecule has 0 atom stereocenters. The van der Waals surface area contributed by atoms with Crippen LogP contribution in [0.4, 0.5) is 5.82 Å². The number of carbonyl (C=O) groups is 1. The molecule has 0 aromatic carbocycles. The highest BCUT2D eigenvalue weighted by molar-refractivity contribution is 5.92. The van der Waals surface area contributed by atoms with E-state index >= 15 is 0 Å². The van der Waals surface area contributed by atoms with Gasteiger partial charge >= 0.3 is 5.97 Å². The molecule has 1 aliphatic rings. The zero-order valence-corrected chi connectivity index (χ0v) is 10.6. The lowest BCUT2D eigenvalue weighted by Gasteiger charge is -2.22. The monoisotopic (exact) mass is 253 g/mol. The molecule has 1 aliphatic heterocycles. The smallest absolute Gasteiger partial charge is 0.360 e. The molecule has 2 heterocycles. The molecular weight excluding hydrogens is 234 g/mol. The van der Waals surface area contributed by atoms with E-state index in [2.05, 4.69) is 4.98 Å². The molecule has 0 saturated carbocycles. The molecule has 100 valence electrons. The van der Waals surface area contributed by atoms with Gasteiger partial charge in [0.15, 0.2) is 5.69 Å². The summed E-state index contributed by atoms with van der Waals surface area (Å²) in [5.41, 5.74) is 6.13. The number of nitrogen functional groups attached to an aromatic ring is 1. The molecular formula is C12H19N3O3. The van der Waals surface area contributed by atoms with Gasteiger partial charge in [-0.2, -0.15) is 0 Å². The predicted molar refractivity (Wildman–Crippen MR) is 66.1 cm³/mol. The summed E-state index contributed by atoms with van der Waals surface area (Å²) in [4.78, 5) is 15.6. The Kier molecular flexibility index (Phi) is 4.19. The van der Waals surface area contributed by atoms with Crippen LogP contribution < -0.4 is 5.73 Å². The summed E-state index contributed by atoms with van der Waals surface area (Å²) in [6.45, 7) is 4.45. The first kappa shape index (κ1) is 12.9. The topological polar surface area (TPSA) is 79.4 Å². The highest BCUT2D eigenvalue weighted by Crippen LogP contribution is 2.20. The highest BCUT2D eigenvalue weighted by atomic mass is 16.5. The number of ether oxygens (including phenoxy) is 2. The second-order valence-electron chi connectivity index (χ2n) is 4.41. The fourth-order valence-electron chi connectivity index (χ4n) is 2.10. The van der Waals surface area contributed by atoms with Crippen LogP contribution in [0, 0.1) is 5.92 Å². The minimum Gasteiger partial charge on any atom is -0.461 e. The van der Waals surface area contributed by atoms with E-state index in [-0.39, 0.29) is 5.69 Å². The Hall–Kier alpha value is -1.56. The molecule has 1 aromatic rings. The molecule has 1 saturated heterocycles. The molecule has 0 unspecified atom stereocenters. The van der Waals surface area contributed by atoms with Crippen molar-refractivity contribution in [3.05, 3.63) is 12.0 Å². The maximum absolute atomic E-state index is 11.6. The van der Waals surface area contributed by atoms with E-state index in [1.165, 1.54) is 0 Å². The summed E-state index contributed by atoms with van der Waals surface area (Å²) in [6, 6.07) is 0. The van der Waals surface area contributed by atoms with E-state index in [0.717, 1.165) is 32.6 Å². The lowest BCUT2D eigenvalue weighted by Crippen LogP contribution is -2.21.